The Morgan fingerprint density at radius 2 is 2.14 bits per heavy atom. The number of carbonyl (C=O) groups is 1. The molecular weight excluding hydrogens is 282 g/mol. The summed E-state index contributed by atoms with van der Waals surface area (Å²) < 4.78 is 0. The molecule has 2 fully saturated rings. The van der Waals surface area contributed by atoms with Gasteiger partial charge in [-0.05, 0) is 24.7 Å². The number of hydrogen-bond donors (Lipinski definition) is 1. The van der Waals surface area contributed by atoms with Crippen LogP contribution in [0.2, 0.25) is 0 Å². The molecule has 1 N–H and O–H groups in total. The minimum absolute atomic E-state index is 0.115. The standard InChI is InChI=1S/C16H25N3OS/c1-11(2)15-18-14(10-21-15)6-7-17-16(20)19-8-12-4-3-5-13(12)9-19/h10-13H,3-9H2,1-2H3,(H,17,20). The molecule has 1 aliphatic heterocycles. The summed E-state index contributed by atoms with van der Waals surface area (Å²) in [4.78, 5) is 18.8. The van der Waals surface area contributed by atoms with Gasteiger partial charge in [0.25, 0.3) is 0 Å². The van der Waals surface area contributed by atoms with E-state index >= 15 is 0 Å². The number of fused-ring (bicyclic) bond motifs is 1. The van der Waals surface area contributed by atoms with Crippen LogP contribution in [0, 0.1) is 11.8 Å². The van der Waals surface area contributed by atoms with Crippen LogP contribution in [0.25, 0.3) is 0 Å². The van der Waals surface area contributed by atoms with Crippen molar-refractivity contribution in [2.75, 3.05) is 19.6 Å². The SMILES string of the molecule is CC(C)c1nc(CCNC(=O)N2CC3CCCC3C2)cs1. The van der Waals surface area contributed by atoms with E-state index < -0.39 is 0 Å². The van der Waals surface area contributed by atoms with Gasteiger partial charge in [0.15, 0.2) is 0 Å². The molecule has 3 rings (SSSR count). The van der Waals surface area contributed by atoms with Crippen LogP contribution in [0.4, 0.5) is 4.79 Å². The van der Waals surface area contributed by atoms with E-state index in [2.05, 4.69) is 29.5 Å². The highest BCUT2D eigenvalue weighted by molar-refractivity contribution is 7.09. The zero-order valence-electron chi connectivity index (χ0n) is 13.0. The molecule has 4 nitrogen and oxygen atoms in total. The quantitative estimate of drug-likeness (QED) is 0.928. The van der Waals surface area contributed by atoms with Gasteiger partial charge in [0.05, 0.1) is 10.7 Å². The van der Waals surface area contributed by atoms with Crippen LogP contribution in [-0.2, 0) is 6.42 Å². The van der Waals surface area contributed by atoms with Crippen molar-refractivity contribution in [1.29, 1.82) is 0 Å². The van der Waals surface area contributed by atoms with Crippen LogP contribution in [0.1, 0.15) is 49.7 Å². The fourth-order valence-corrected chi connectivity index (χ4v) is 4.38. The molecule has 1 saturated carbocycles. The maximum atomic E-state index is 12.2. The Morgan fingerprint density at radius 3 is 2.76 bits per heavy atom. The van der Waals surface area contributed by atoms with Crippen LogP contribution in [-0.4, -0.2) is 35.5 Å². The molecule has 2 heterocycles. The smallest absolute Gasteiger partial charge is 0.317 e. The molecule has 2 aliphatic rings. The molecule has 1 aromatic rings. The van der Waals surface area contributed by atoms with E-state index in [-0.39, 0.29) is 6.03 Å². The van der Waals surface area contributed by atoms with E-state index in [4.69, 9.17) is 0 Å². The van der Waals surface area contributed by atoms with Crippen LogP contribution < -0.4 is 5.32 Å². The summed E-state index contributed by atoms with van der Waals surface area (Å²) in [7, 11) is 0. The third kappa shape index (κ3) is 3.39. The van der Waals surface area contributed by atoms with Crippen molar-refractivity contribution in [3.05, 3.63) is 16.1 Å². The molecule has 21 heavy (non-hydrogen) atoms. The lowest BCUT2D eigenvalue weighted by Gasteiger charge is -2.17. The molecule has 1 aliphatic carbocycles. The van der Waals surface area contributed by atoms with E-state index in [0.717, 1.165) is 37.0 Å². The minimum Gasteiger partial charge on any atom is -0.338 e. The number of urea groups is 1. The number of likely N-dealkylation sites (tertiary alicyclic amines) is 1. The Hall–Kier alpha value is -1.10. The largest absolute Gasteiger partial charge is 0.338 e. The number of nitrogens with zero attached hydrogens (tertiary/aromatic N) is 2. The monoisotopic (exact) mass is 307 g/mol. The van der Waals surface area contributed by atoms with Crippen LogP contribution in [0.15, 0.2) is 5.38 Å². The van der Waals surface area contributed by atoms with E-state index in [1.165, 1.54) is 24.3 Å². The van der Waals surface area contributed by atoms with Crippen molar-refractivity contribution in [1.82, 2.24) is 15.2 Å². The average molecular weight is 307 g/mol. The van der Waals surface area contributed by atoms with Gasteiger partial charge in [0.2, 0.25) is 0 Å². The van der Waals surface area contributed by atoms with Crippen molar-refractivity contribution >= 4 is 17.4 Å². The number of rotatable bonds is 4. The molecule has 1 aromatic heterocycles. The Morgan fingerprint density at radius 1 is 1.43 bits per heavy atom. The van der Waals surface area contributed by atoms with Gasteiger partial charge in [-0.1, -0.05) is 20.3 Å². The maximum Gasteiger partial charge on any atom is 0.317 e. The number of nitrogens with one attached hydrogen (secondary N) is 1. The summed E-state index contributed by atoms with van der Waals surface area (Å²) in [5, 5.41) is 6.35. The van der Waals surface area contributed by atoms with Crippen molar-refractivity contribution in [3.8, 4) is 0 Å². The molecule has 5 heteroatoms. The summed E-state index contributed by atoms with van der Waals surface area (Å²) in [6, 6.07) is 0.115. The fourth-order valence-electron chi connectivity index (χ4n) is 3.51. The molecule has 0 radical (unpaired) electrons. The normalized spacial score (nSPS) is 24.6. The van der Waals surface area contributed by atoms with Gasteiger partial charge in [-0.2, -0.15) is 0 Å². The van der Waals surface area contributed by atoms with Gasteiger partial charge >= 0.3 is 6.03 Å². The lowest BCUT2D eigenvalue weighted by atomic mass is 10.0. The number of hydrogen-bond acceptors (Lipinski definition) is 3. The molecule has 2 amide bonds. The molecule has 0 bridgehead atoms. The van der Waals surface area contributed by atoms with Gasteiger partial charge in [-0.15, -0.1) is 11.3 Å². The summed E-state index contributed by atoms with van der Waals surface area (Å²) in [5.74, 6) is 2.02. The van der Waals surface area contributed by atoms with Gasteiger partial charge < -0.3 is 10.2 Å². The summed E-state index contributed by atoms with van der Waals surface area (Å²) in [6.07, 6.45) is 4.80. The van der Waals surface area contributed by atoms with Gasteiger partial charge in [-0.25, -0.2) is 9.78 Å². The van der Waals surface area contributed by atoms with Crippen LogP contribution in [0.3, 0.4) is 0 Å². The summed E-state index contributed by atoms with van der Waals surface area (Å²) in [5.41, 5.74) is 1.10. The average Bonchev–Trinajstić information content (AvgIpc) is 3.13. The van der Waals surface area contributed by atoms with Gasteiger partial charge in [-0.3, -0.25) is 0 Å². The van der Waals surface area contributed by atoms with E-state index in [0.29, 0.717) is 12.5 Å². The first-order valence-corrected chi connectivity index (χ1v) is 8.98. The first-order chi connectivity index (χ1) is 10.1. The van der Waals surface area contributed by atoms with Crippen LogP contribution in [0.5, 0.6) is 0 Å². The number of aromatic nitrogens is 1. The van der Waals surface area contributed by atoms with Crippen molar-refractivity contribution in [2.45, 2.75) is 45.4 Å². The molecule has 116 valence electrons. The lowest BCUT2D eigenvalue weighted by molar-refractivity contribution is 0.205. The lowest BCUT2D eigenvalue weighted by Crippen LogP contribution is -2.39. The topological polar surface area (TPSA) is 45.2 Å². The highest BCUT2D eigenvalue weighted by atomic mass is 32.1. The predicted molar refractivity (Wildman–Crippen MR) is 85.7 cm³/mol. The Bertz CT molecular complexity index is 487. The van der Waals surface area contributed by atoms with Crippen molar-refractivity contribution in [3.63, 3.8) is 0 Å². The third-order valence-electron chi connectivity index (χ3n) is 4.73. The van der Waals surface area contributed by atoms with Gasteiger partial charge in [0.1, 0.15) is 0 Å². The number of amides is 2. The Labute approximate surface area is 130 Å². The van der Waals surface area contributed by atoms with E-state index in [1.807, 2.05) is 4.90 Å². The first kappa shape index (κ1) is 14.8. The summed E-state index contributed by atoms with van der Waals surface area (Å²) in [6.45, 7) is 6.94. The Kier molecular flexibility index (Phi) is 4.48. The summed E-state index contributed by atoms with van der Waals surface area (Å²) >= 11 is 1.72. The van der Waals surface area contributed by atoms with E-state index in [9.17, 15) is 4.79 Å². The highest BCUT2D eigenvalue weighted by Gasteiger charge is 2.37. The second-order valence-electron chi connectivity index (χ2n) is 6.67. The van der Waals surface area contributed by atoms with E-state index in [1.54, 1.807) is 11.3 Å². The molecular formula is C16H25N3OS. The predicted octanol–water partition coefficient (Wildman–Crippen LogP) is 3.25. The second kappa shape index (κ2) is 6.34. The number of thiazole rings is 1. The van der Waals surface area contributed by atoms with Crippen molar-refractivity contribution in [2.24, 2.45) is 11.8 Å². The zero-order chi connectivity index (χ0) is 14.8. The molecule has 2 unspecified atom stereocenters. The second-order valence-corrected chi connectivity index (χ2v) is 7.56. The van der Waals surface area contributed by atoms with Gasteiger partial charge in [0, 0.05) is 37.4 Å². The minimum atomic E-state index is 0.115. The van der Waals surface area contributed by atoms with Crippen molar-refractivity contribution < 1.29 is 4.79 Å². The maximum absolute atomic E-state index is 12.2. The fraction of sp³-hybridized carbons (Fsp3) is 0.750. The zero-order valence-corrected chi connectivity index (χ0v) is 13.8. The number of carbonyl (C=O) groups excluding carboxylic acids is 1. The molecule has 1 saturated heterocycles. The highest BCUT2D eigenvalue weighted by Crippen LogP contribution is 2.37. The molecule has 0 spiro atoms. The third-order valence-corrected chi connectivity index (χ3v) is 5.93. The first-order valence-electron chi connectivity index (χ1n) is 8.10. The molecule has 2 atom stereocenters. The molecule has 0 aromatic carbocycles. The van der Waals surface area contributed by atoms with Crippen LogP contribution >= 0.6 is 11.3 Å². The Balaban J connectivity index is 1.41.